The van der Waals surface area contributed by atoms with E-state index in [1.54, 1.807) is 6.07 Å². The van der Waals surface area contributed by atoms with Crippen molar-refractivity contribution in [2.75, 3.05) is 0 Å². The van der Waals surface area contributed by atoms with Crippen LogP contribution in [0.2, 0.25) is 0 Å². The normalized spacial score (nSPS) is 11.9. The van der Waals surface area contributed by atoms with Crippen LogP contribution in [0.4, 0.5) is 5.69 Å². The molecule has 9 nitrogen and oxygen atoms in total. The predicted molar refractivity (Wildman–Crippen MR) is 67.7 cm³/mol. The summed E-state index contributed by atoms with van der Waals surface area (Å²) in [5.74, 6) is -0.561. The minimum Gasteiger partial charge on any atom is -0.451 e. The number of nitrogens with one attached hydrogen (secondary N) is 1. The molecule has 9 heteroatoms. The Bertz CT molecular complexity index is 747. The van der Waals surface area contributed by atoms with Gasteiger partial charge in [-0.3, -0.25) is 19.4 Å². The van der Waals surface area contributed by atoms with Crippen molar-refractivity contribution in [1.29, 1.82) is 0 Å². The Hall–Kier alpha value is -2.97. The van der Waals surface area contributed by atoms with Crippen LogP contribution in [0.15, 0.2) is 33.6 Å². The number of rotatable bonds is 4. The lowest BCUT2D eigenvalue weighted by molar-refractivity contribution is -0.680. The van der Waals surface area contributed by atoms with E-state index in [1.807, 2.05) is 0 Å². The summed E-state index contributed by atoms with van der Waals surface area (Å²) in [4.78, 5) is 32.9. The first kappa shape index (κ1) is 14.4. The molecule has 1 aromatic carbocycles. The SMILES string of the molecule is CC(=O)OC(C)c1c(=O)o[nH][n+]1-c1cccc([N+](=O)[O-])c1. The lowest BCUT2D eigenvalue weighted by Crippen LogP contribution is -2.40. The first-order valence-corrected chi connectivity index (χ1v) is 5.95. The van der Waals surface area contributed by atoms with Gasteiger partial charge in [-0.1, -0.05) is 0 Å². The highest BCUT2D eigenvalue weighted by atomic mass is 16.6. The number of aromatic nitrogens is 2. The third-order valence-electron chi connectivity index (χ3n) is 2.71. The van der Waals surface area contributed by atoms with Gasteiger partial charge >= 0.3 is 17.3 Å². The highest BCUT2D eigenvalue weighted by molar-refractivity contribution is 5.66. The van der Waals surface area contributed by atoms with E-state index < -0.39 is 22.6 Å². The number of nitro groups is 1. The fourth-order valence-corrected chi connectivity index (χ4v) is 1.87. The minimum absolute atomic E-state index is 0.0192. The van der Waals surface area contributed by atoms with Crippen LogP contribution < -0.4 is 10.3 Å². The molecule has 0 amide bonds. The molecule has 0 aliphatic heterocycles. The summed E-state index contributed by atoms with van der Waals surface area (Å²) in [5, 5.41) is 13.1. The van der Waals surface area contributed by atoms with E-state index in [4.69, 9.17) is 4.74 Å². The summed E-state index contributed by atoms with van der Waals surface area (Å²) >= 11 is 0. The number of nitrogens with zero attached hydrogens (tertiary/aromatic N) is 2. The van der Waals surface area contributed by atoms with Gasteiger partial charge in [0.05, 0.1) is 11.0 Å². The zero-order valence-corrected chi connectivity index (χ0v) is 11.2. The summed E-state index contributed by atoms with van der Waals surface area (Å²) in [7, 11) is 0. The molecule has 1 heterocycles. The zero-order chi connectivity index (χ0) is 15.6. The summed E-state index contributed by atoms with van der Waals surface area (Å²) in [5.41, 5.74) is -0.543. The molecule has 2 rings (SSSR count). The van der Waals surface area contributed by atoms with Crippen molar-refractivity contribution in [3.8, 4) is 5.69 Å². The average Bonchev–Trinajstić information content (AvgIpc) is 2.80. The molecule has 0 saturated heterocycles. The van der Waals surface area contributed by atoms with Crippen LogP contribution in [0.1, 0.15) is 25.6 Å². The van der Waals surface area contributed by atoms with E-state index in [9.17, 15) is 19.7 Å². The maximum Gasteiger partial charge on any atom is 0.434 e. The number of carbonyl (C=O) groups excluding carboxylic acids is 1. The van der Waals surface area contributed by atoms with E-state index in [-0.39, 0.29) is 11.4 Å². The maximum absolute atomic E-state index is 11.7. The Balaban J connectivity index is 2.50. The van der Waals surface area contributed by atoms with Gasteiger partial charge < -0.3 is 4.74 Å². The molecular formula is C12H12N3O6+. The number of non-ortho nitro benzene ring substituents is 1. The quantitative estimate of drug-likeness (QED) is 0.385. The first-order valence-electron chi connectivity index (χ1n) is 5.95. The fraction of sp³-hybridized carbons (Fsp3) is 0.250. The Kier molecular flexibility index (Phi) is 3.83. The Labute approximate surface area is 117 Å². The van der Waals surface area contributed by atoms with Crippen molar-refractivity contribution in [2.45, 2.75) is 20.0 Å². The Morgan fingerprint density at radius 1 is 1.52 bits per heavy atom. The number of benzene rings is 1. The number of esters is 1. The van der Waals surface area contributed by atoms with Gasteiger partial charge in [0, 0.05) is 19.1 Å². The highest BCUT2D eigenvalue weighted by Crippen LogP contribution is 2.15. The smallest absolute Gasteiger partial charge is 0.434 e. The van der Waals surface area contributed by atoms with Gasteiger partial charge in [0.25, 0.3) is 5.69 Å². The average molecular weight is 294 g/mol. The van der Waals surface area contributed by atoms with E-state index in [0.717, 1.165) is 0 Å². The molecule has 1 aromatic heterocycles. The van der Waals surface area contributed by atoms with Crippen LogP contribution in [0.25, 0.3) is 5.69 Å². The number of aromatic amines is 1. The van der Waals surface area contributed by atoms with Gasteiger partial charge in [-0.25, -0.2) is 4.79 Å². The number of ether oxygens (including phenoxy) is 1. The molecule has 2 aromatic rings. The van der Waals surface area contributed by atoms with Crippen molar-refractivity contribution >= 4 is 11.7 Å². The summed E-state index contributed by atoms with van der Waals surface area (Å²) in [6.45, 7) is 2.71. The lowest BCUT2D eigenvalue weighted by atomic mass is 10.2. The largest absolute Gasteiger partial charge is 0.451 e. The molecule has 0 aliphatic carbocycles. The number of hydrogen-bond donors (Lipinski definition) is 1. The molecule has 0 fully saturated rings. The van der Waals surface area contributed by atoms with Gasteiger partial charge in [-0.05, 0) is 22.9 Å². The molecule has 1 atom stereocenters. The molecule has 1 N–H and O–H groups in total. The van der Waals surface area contributed by atoms with Gasteiger partial charge in [0.15, 0.2) is 6.10 Å². The van der Waals surface area contributed by atoms with Crippen LogP contribution >= 0.6 is 0 Å². The standard InChI is InChI=1S/C12H11N3O6/c1-7(20-8(2)16)11-12(17)21-13-14(11)9-4-3-5-10(6-9)15(18)19/h3-7H,1-2H3/p+1. The second-order valence-corrected chi connectivity index (χ2v) is 4.23. The number of carbonyl (C=O) groups is 1. The fourth-order valence-electron chi connectivity index (χ4n) is 1.87. The van der Waals surface area contributed by atoms with Crippen LogP contribution in [0, 0.1) is 10.1 Å². The van der Waals surface area contributed by atoms with Crippen LogP contribution in [0.5, 0.6) is 0 Å². The summed E-state index contributed by atoms with van der Waals surface area (Å²) in [6.07, 6.45) is -0.871. The molecule has 110 valence electrons. The van der Waals surface area contributed by atoms with Crippen molar-refractivity contribution in [3.05, 3.63) is 50.5 Å². The minimum atomic E-state index is -0.871. The molecule has 0 aliphatic rings. The molecule has 1 unspecified atom stereocenters. The van der Waals surface area contributed by atoms with Crippen LogP contribution in [-0.4, -0.2) is 16.2 Å². The summed E-state index contributed by atoms with van der Waals surface area (Å²) < 4.78 is 10.8. The topological polar surface area (TPSA) is 119 Å². The highest BCUT2D eigenvalue weighted by Gasteiger charge is 2.31. The van der Waals surface area contributed by atoms with Gasteiger partial charge in [-0.2, -0.15) is 0 Å². The van der Waals surface area contributed by atoms with E-state index >= 15 is 0 Å². The second-order valence-electron chi connectivity index (χ2n) is 4.23. The molecular weight excluding hydrogens is 282 g/mol. The molecule has 0 bridgehead atoms. The molecule has 0 saturated carbocycles. The molecule has 0 radical (unpaired) electrons. The number of nitro benzene ring substituents is 1. The first-order chi connectivity index (χ1) is 9.90. The van der Waals surface area contributed by atoms with Crippen molar-refractivity contribution in [1.82, 2.24) is 5.27 Å². The van der Waals surface area contributed by atoms with Gasteiger partial charge in [0.2, 0.25) is 5.69 Å². The third kappa shape index (κ3) is 2.96. The van der Waals surface area contributed by atoms with E-state index in [2.05, 4.69) is 9.79 Å². The number of hydrogen-bond acceptors (Lipinski definition) is 6. The second kappa shape index (κ2) is 5.57. The van der Waals surface area contributed by atoms with Crippen molar-refractivity contribution < 1.29 is 23.7 Å². The number of H-pyrrole nitrogens is 1. The predicted octanol–water partition coefficient (Wildman–Crippen LogP) is 0.777. The Morgan fingerprint density at radius 3 is 2.86 bits per heavy atom. The molecule has 21 heavy (non-hydrogen) atoms. The van der Waals surface area contributed by atoms with Gasteiger partial charge in [-0.15, -0.1) is 0 Å². The molecule has 0 spiro atoms. The Morgan fingerprint density at radius 2 is 2.24 bits per heavy atom. The zero-order valence-electron chi connectivity index (χ0n) is 11.2. The van der Waals surface area contributed by atoms with Crippen LogP contribution in [0.3, 0.4) is 0 Å². The van der Waals surface area contributed by atoms with E-state index in [0.29, 0.717) is 5.69 Å². The van der Waals surface area contributed by atoms with Gasteiger partial charge in [0.1, 0.15) is 0 Å². The van der Waals surface area contributed by atoms with E-state index in [1.165, 1.54) is 36.7 Å². The van der Waals surface area contributed by atoms with Crippen LogP contribution in [-0.2, 0) is 9.53 Å². The van der Waals surface area contributed by atoms with Crippen molar-refractivity contribution in [2.24, 2.45) is 0 Å². The summed E-state index contributed by atoms with van der Waals surface area (Å²) in [6, 6.07) is 5.58. The lowest BCUT2D eigenvalue weighted by Gasteiger charge is -2.05. The monoisotopic (exact) mass is 294 g/mol. The maximum atomic E-state index is 11.7. The third-order valence-corrected chi connectivity index (χ3v) is 2.71. The van der Waals surface area contributed by atoms with Crippen molar-refractivity contribution in [3.63, 3.8) is 0 Å².